The Hall–Kier alpha value is -2.52. The molecule has 2 aromatic heterocycles. The number of nitrogens with zero attached hydrogens (tertiary/aromatic N) is 1. The Morgan fingerprint density at radius 1 is 1.12 bits per heavy atom. The van der Waals surface area contributed by atoms with Crippen LogP contribution < -0.4 is 14.2 Å². The third kappa shape index (κ3) is 5.63. The van der Waals surface area contributed by atoms with Crippen LogP contribution in [-0.4, -0.2) is 31.9 Å². The molecule has 32 heavy (non-hydrogen) atoms. The van der Waals surface area contributed by atoms with E-state index < -0.39 is 12.1 Å². The van der Waals surface area contributed by atoms with E-state index in [9.17, 15) is 10.0 Å². The van der Waals surface area contributed by atoms with Gasteiger partial charge < -0.3 is 24.5 Å². The van der Waals surface area contributed by atoms with Crippen LogP contribution in [0.1, 0.15) is 31.8 Å². The molecular weight excluding hydrogens is 477 g/mol. The zero-order valence-corrected chi connectivity index (χ0v) is 19.7. The summed E-state index contributed by atoms with van der Waals surface area (Å²) < 4.78 is 17.0. The summed E-state index contributed by atoms with van der Waals surface area (Å²) in [6.07, 6.45) is 2.20. The zero-order chi connectivity index (χ0) is 23.3. The summed E-state index contributed by atoms with van der Waals surface area (Å²) in [5, 5.41) is 21.0. The fourth-order valence-electron chi connectivity index (χ4n) is 3.11. The number of carbonyl (C=O) groups excluding carboxylic acids is 1. The number of halogens is 2. The van der Waals surface area contributed by atoms with Crippen LogP contribution in [0, 0.1) is 5.21 Å². The van der Waals surface area contributed by atoms with Gasteiger partial charge in [0.25, 0.3) is 0 Å². The van der Waals surface area contributed by atoms with Crippen LogP contribution in [0.15, 0.2) is 42.7 Å². The number of aliphatic hydroxyl groups excluding tert-OH is 1. The van der Waals surface area contributed by atoms with E-state index in [1.54, 1.807) is 30.3 Å². The van der Waals surface area contributed by atoms with E-state index in [0.717, 1.165) is 4.88 Å². The molecule has 1 aromatic carbocycles. The smallest absolute Gasteiger partial charge is 0.348 e. The third-order valence-electron chi connectivity index (χ3n) is 4.70. The van der Waals surface area contributed by atoms with Gasteiger partial charge in [-0.2, -0.15) is 4.73 Å². The molecular formula is C22H21Cl2NO6S. The van der Waals surface area contributed by atoms with Gasteiger partial charge in [-0.05, 0) is 29.8 Å². The second kappa shape index (κ2) is 10.9. The predicted octanol–water partition coefficient (Wildman–Crippen LogP) is 4.38. The number of esters is 1. The van der Waals surface area contributed by atoms with Gasteiger partial charge in [0.2, 0.25) is 0 Å². The summed E-state index contributed by atoms with van der Waals surface area (Å²) in [5.41, 5.74) is 1.11. The molecule has 10 heteroatoms. The number of aromatic nitrogens is 1. The monoisotopic (exact) mass is 497 g/mol. The van der Waals surface area contributed by atoms with Crippen molar-refractivity contribution in [1.82, 2.24) is 0 Å². The minimum Gasteiger partial charge on any atom is -0.619 e. The maximum absolute atomic E-state index is 12.9. The summed E-state index contributed by atoms with van der Waals surface area (Å²) >= 11 is 13.8. The summed E-state index contributed by atoms with van der Waals surface area (Å²) in [6.45, 7) is -0.00596. The Bertz CT molecular complexity index is 1080. The van der Waals surface area contributed by atoms with Crippen LogP contribution in [0.4, 0.5) is 0 Å². The highest BCUT2D eigenvalue weighted by Gasteiger charge is 2.25. The van der Waals surface area contributed by atoms with E-state index in [0.29, 0.717) is 38.7 Å². The molecule has 3 rings (SSSR count). The molecule has 1 N–H and O–H groups in total. The van der Waals surface area contributed by atoms with Gasteiger partial charge in [0, 0.05) is 29.9 Å². The van der Waals surface area contributed by atoms with Crippen molar-refractivity contribution in [2.24, 2.45) is 0 Å². The molecule has 0 saturated heterocycles. The molecule has 170 valence electrons. The van der Waals surface area contributed by atoms with Gasteiger partial charge in [-0.25, -0.2) is 4.79 Å². The van der Waals surface area contributed by atoms with Crippen molar-refractivity contribution in [3.63, 3.8) is 0 Å². The van der Waals surface area contributed by atoms with Crippen molar-refractivity contribution in [3.05, 3.63) is 78.9 Å². The fraction of sp³-hybridized carbons (Fsp3) is 0.273. The number of hydrogen-bond donors (Lipinski definition) is 1. The molecule has 1 atom stereocenters. The molecule has 0 saturated carbocycles. The van der Waals surface area contributed by atoms with Crippen LogP contribution in [-0.2, 0) is 17.6 Å². The summed E-state index contributed by atoms with van der Waals surface area (Å²) in [6, 6.07) is 8.61. The first-order valence-electron chi connectivity index (χ1n) is 9.55. The maximum atomic E-state index is 12.9. The Balaban J connectivity index is 1.96. The van der Waals surface area contributed by atoms with Crippen LogP contribution in [0.2, 0.25) is 10.0 Å². The van der Waals surface area contributed by atoms with Gasteiger partial charge in [0.05, 0.1) is 14.2 Å². The molecule has 7 nitrogen and oxygen atoms in total. The van der Waals surface area contributed by atoms with Crippen LogP contribution >= 0.6 is 34.5 Å². The number of thiophene rings is 1. The maximum Gasteiger partial charge on any atom is 0.348 e. The number of benzene rings is 1. The summed E-state index contributed by atoms with van der Waals surface area (Å²) in [4.78, 5) is 14.2. The highest BCUT2D eigenvalue weighted by Crippen LogP contribution is 2.35. The first-order chi connectivity index (χ1) is 15.4. The number of hydrogen-bond acceptors (Lipinski definition) is 7. The summed E-state index contributed by atoms with van der Waals surface area (Å²) in [7, 11) is 3.03. The quantitative estimate of drug-likeness (QED) is 0.268. The summed E-state index contributed by atoms with van der Waals surface area (Å²) in [5.74, 6) is 0.465. The van der Waals surface area contributed by atoms with Crippen molar-refractivity contribution >= 4 is 40.5 Å². The van der Waals surface area contributed by atoms with Gasteiger partial charge in [-0.3, -0.25) is 0 Å². The standard InChI is InChI=1S/C22H21Cl2NO6S/c1-29-18-5-3-13(9-20(18)30-2)19(10-15-16(23)11-25(28)12-17(15)24)31-22(27)21-6-4-14(32-21)7-8-26/h3-6,9,11-12,19,26H,7-8,10H2,1-2H3/t19-/m0/s1. The third-order valence-corrected chi connectivity index (χ3v) is 6.47. The van der Waals surface area contributed by atoms with Crippen molar-refractivity contribution < 1.29 is 28.8 Å². The van der Waals surface area contributed by atoms with E-state index in [-0.39, 0.29) is 23.1 Å². The first kappa shape index (κ1) is 24.1. The molecule has 0 bridgehead atoms. The van der Waals surface area contributed by atoms with Crippen molar-refractivity contribution in [2.45, 2.75) is 18.9 Å². The molecule has 3 aromatic rings. The minimum atomic E-state index is -0.775. The first-order valence-corrected chi connectivity index (χ1v) is 11.1. The average Bonchev–Trinajstić information content (AvgIpc) is 3.23. The van der Waals surface area contributed by atoms with Crippen molar-refractivity contribution in [2.75, 3.05) is 20.8 Å². The Morgan fingerprint density at radius 3 is 2.44 bits per heavy atom. The predicted molar refractivity (Wildman–Crippen MR) is 122 cm³/mol. The molecule has 0 unspecified atom stereocenters. The minimum absolute atomic E-state index is 0.00596. The average molecular weight is 498 g/mol. The second-order valence-electron chi connectivity index (χ2n) is 6.74. The van der Waals surface area contributed by atoms with E-state index in [4.69, 9.17) is 42.5 Å². The number of methoxy groups -OCH3 is 2. The van der Waals surface area contributed by atoms with E-state index in [1.165, 1.54) is 38.0 Å². The number of aliphatic hydroxyl groups is 1. The molecule has 0 aliphatic rings. The van der Waals surface area contributed by atoms with Gasteiger partial charge in [-0.15, -0.1) is 11.3 Å². The molecule has 0 fully saturated rings. The Labute approximate surface area is 199 Å². The lowest BCUT2D eigenvalue weighted by Crippen LogP contribution is -2.25. The zero-order valence-electron chi connectivity index (χ0n) is 17.3. The normalized spacial score (nSPS) is 11.8. The van der Waals surface area contributed by atoms with Crippen LogP contribution in [0.25, 0.3) is 0 Å². The molecule has 0 amide bonds. The highest BCUT2D eigenvalue weighted by atomic mass is 35.5. The number of rotatable bonds is 9. The van der Waals surface area contributed by atoms with Gasteiger partial charge in [0.15, 0.2) is 23.9 Å². The number of pyridine rings is 1. The lowest BCUT2D eigenvalue weighted by Gasteiger charge is -2.20. The number of ether oxygens (including phenoxy) is 3. The van der Waals surface area contributed by atoms with Gasteiger partial charge in [0.1, 0.15) is 21.0 Å². The van der Waals surface area contributed by atoms with Crippen LogP contribution in [0.3, 0.4) is 0 Å². The lowest BCUT2D eigenvalue weighted by molar-refractivity contribution is -0.605. The van der Waals surface area contributed by atoms with Crippen LogP contribution in [0.5, 0.6) is 11.5 Å². The van der Waals surface area contributed by atoms with Gasteiger partial charge >= 0.3 is 5.97 Å². The molecule has 2 heterocycles. The number of carbonyl (C=O) groups is 1. The van der Waals surface area contributed by atoms with E-state index in [2.05, 4.69) is 0 Å². The largest absolute Gasteiger partial charge is 0.619 e. The van der Waals surface area contributed by atoms with E-state index >= 15 is 0 Å². The molecule has 0 aliphatic carbocycles. The van der Waals surface area contributed by atoms with Gasteiger partial charge in [-0.1, -0.05) is 29.3 Å². The Morgan fingerprint density at radius 2 is 1.81 bits per heavy atom. The molecule has 0 spiro atoms. The second-order valence-corrected chi connectivity index (χ2v) is 8.73. The van der Waals surface area contributed by atoms with E-state index in [1.807, 2.05) is 0 Å². The van der Waals surface area contributed by atoms with Crippen molar-refractivity contribution in [3.8, 4) is 11.5 Å². The lowest BCUT2D eigenvalue weighted by atomic mass is 10.0. The highest BCUT2D eigenvalue weighted by molar-refractivity contribution is 7.13. The van der Waals surface area contributed by atoms with Crippen molar-refractivity contribution in [1.29, 1.82) is 0 Å². The molecule has 0 radical (unpaired) electrons. The topological polar surface area (TPSA) is 91.9 Å². The fourth-order valence-corrected chi connectivity index (χ4v) is 4.59. The SMILES string of the molecule is COc1ccc([C@H](Cc2c(Cl)c[n+]([O-])cc2Cl)OC(=O)c2ccc(CCO)s2)cc1OC. The molecule has 0 aliphatic heterocycles. The Kier molecular flexibility index (Phi) is 8.20.